The normalized spacial score (nSPS) is 16.1. The van der Waals surface area contributed by atoms with Crippen LogP contribution in [0.15, 0.2) is 15.2 Å². The largest absolute Gasteiger partial charge is 0.453 e. The first-order valence-corrected chi connectivity index (χ1v) is 4.66. The van der Waals surface area contributed by atoms with Gasteiger partial charge in [0.15, 0.2) is 4.67 Å². The maximum atomic E-state index is 5.32. The van der Waals surface area contributed by atoms with E-state index in [1.54, 1.807) is 0 Å². The Kier molecular flexibility index (Phi) is 1.34. The number of thioether (sulfide) groups is 1. The molecule has 1 aliphatic heterocycles. The van der Waals surface area contributed by atoms with Gasteiger partial charge in [-0.1, -0.05) is 0 Å². The molecular weight excluding hydrogens is 200 g/mol. The summed E-state index contributed by atoms with van der Waals surface area (Å²) >= 11 is 5.19. The molecule has 0 N–H and O–H groups in total. The van der Waals surface area contributed by atoms with Gasteiger partial charge in [-0.25, -0.2) is 0 Å². The second-order valence-electron chi connectivity index (χ2n) is 1.99. The van der Waals surface area contributed by atoms with Crippen molar-refractivity contribution in [2.75, 3.05) is 0 Å². The molecule has 0 saturated heterocycles. The van der Waals surface area contributed by atoms with Crippen LogP contribution >= 0.6 is 27.7 Å². The first-order valence-electron chi connectivity index (χ1n) is 2.71. The number of hydrogen-bond donors (Lipinski definition) is 0. The fourth-order valence-corrected chi connectivity index (χ4v) is 2.40. The van der Waals surface area contributed by atoms with Gasteiger partial charge in [0.2, 0.25) is 0 Å². The molecule has 0 bridgehead atoms. The molecular formula is C6H5BrOS. The third-order valence-electron chi connectivity index (χ3n) is 1.36. The van der Waals surface area contributed by atoms with Gasteiger partial charge in [-0.2, -0.15) is 0 Å². The van der Waals surface area contributed by atoms with Gasteiger partial charge in [0.1, 0.15) is 5.76 Å². The molecule has 1 aliphatic rings. The SMILES string of the molecule is Brc1cc2c(o1)CSC2. The smallest absolute Gasteiger partial charge is 0.169 e. The summed E-state index contributed by atoms with van der Waals surface area (Å²) in [7, 11) is 0. The standard InChI is InChI=1S/C6H5BrOS/c7-6-1-4-2-9-3-5(4)8-6/h1H,2-3H2. The third-order valence-corrected chi connectivity index (χ3v) is 2.73. The van der Waals surface area contributed by atoms with Crippen molar-refractivity contribution in [2.45, 2.75) is 11.5 Å². The first kappa shape index (κ1) is 5.86. The Labute approximate surface area is 65.9 Å². The second-order valence-corrected chi connectivity index (χ2v) is 3.76. The molecule has 0 aliphatic carbocycles. The van der Waals surface area contributed by atoms with E-state index in [-0.39, 0.29) is 0 Å². The minimum atomic E-state index is 0.868. The van der Waals surface area contributed by atoms with Crippen molar-refractivity contribution in [3.63, 3.8) is 0 Å². The summed E-state index contributed by atoms with van der Waals surface area (Å²) < 4.78 is 6.19. The third kappa shape index (κ3) is 0.923. The van der Waals surface area contributed by atoms with E-state index >= 15 is 0 Å². The van der Waals surface area contributed by atoms with Crippen LogP contribution in [0, 0.1) is 0 Å². The average Bonchev–Trinajstić information content (AvgIpc) is 2.22. The van der Waals surface area contributed by atoms with Crippen LogP contribution in [-0.4, -0.2) is 0 Å². The molecule has 3 heteroatoms. The molecule has 9 heavy (non-hydrogen) atoms. The van der Waals surface area contributed by atoms with E-state index in [2.05, 4.69) is 22.0 Å². The molecule has 1 aromatic rings. The minimum Gasteiger partial charge on any atom is -0.453 e. The lowest BCUT2D eigenvalue weighted by Gasteiger charge is -1.81. The van der Waals surface area contributed by atoms with Gasteiger partial charge in [0, 0.05) is 11.3 Å². The van der Waals surface area contributed by atoms with Crippen LogP contribution in [0.1, 0.15) is 11.3 Å². The minimum absolute atomic E-state index is 0.868. The molecule has 0 aromatic carbocycles. The molecule has 48 valence electrons. The molecule has 0 saturated carbocycles. The molecule has 0 radical (unpaired) electrons. The number of rotatable bonds is 0. The molecule has 2 heterocycles. The van der Waals surface area contributed by atoms with E-state index in [1.807, 2.05) is 11.8 Å². The highest BCUT2D eigenvalue weighted by Gasteiger charge is 2.15. The van der Waals surface area contributed by atoms with Gasteiger partial charge in [0.25, 0.3) is 0 Å². The Hall–Kier alpha value is 0.110. The fraction of sp³-hybridized carbons (Fsp3) is 0.333. The Bertz CT molecular complexity index is 209. The highest BCUT2D eigenvalue weighted by molar-refractivity contribution is 9.10. The Morgan fingerprint density at radius 1 is 1.56 bits per heavy atom. The molecule has 0 unspecified atom stereocenters. The van der Waals surface area contributed by atoms with Crippen LogP contribution in [0.3, 0.4) is 0 Å². The molecule has 1 nitrogen and oxygen atoms in total. The lowest BCUT2D eigenvalue weighted by molar-refractivity contribution is 0.506. The maximum Gasteiger partial charge on any atom is 0.169 e. The average molecular weight is 205 g/mol. The summed E-state index contributed by atoms with van der Waals surface area (Å²) in [5.41, 5.74) is 1.35. The van der Waals surface area contributed by atoms with E-state index in [0.717, 1.165) is 21.9 Å². The quantitative estimate of drug-likeness (QED) is 0.645. The maximum absolute atomic E-state index is 5.32. The van der Waals surface area contributed by atoms with Gasteiger partial charge < -0.3 is 4.42 Å². The lowest BCUT2D eigenvalue weighted by atomic mass is 10.3. The Morgan fingerprint density at radius 3 is 3.22 bits per heavy atom. The molecule has 0 spiro atoms. The summed E-state index contributed by atoms with van der Waals surface area (Å²) in [6.07, 6.45) is 0. The number of hydrogen-bond acceptors (Lipinski definition) is 2. The summed E-state index contributed by atoms with van der Waals surface area (Å²) in [4.78, 5) is 0. The topological polar surface area (TPSA) is 13.1 Å². The molecule has 0 amide bonds. The van der Waals surface area contributed by atoms with Crippen LogP contribution < -0.4 is 0 Å². The zero-order valence-corrected chi connectivity index (χ0v) is 7.09. The van der Waals surface area contributed by atoms with Gasteiger partial charge in [0.05, 0.1) is 5.75 Å². The van der Waals surface area contributed by atoms with Gasteiger partial charge in [-0.05, 0) is 22.0 Å². The lowest BCUT2D eigenvalue weighted by Crippen LogP contribution is -1.66. The van der Waals surface area contributed by atoms with Crippen LogP contribution in [0.2, 0.25) is 0 Å². The first-order chi connectivity index (χ1) is 4.36. The van der Waals surface area contributed by atoms with Crippen molar-refractivity contribution in [1.29, 1.82) is 0 Å². The van der Waals surface area contributed by atoms with Crippen molar-refractivity contribution in [3.8, 4) is 0 Å². The van der Waals surface area contributed by atoms with Crippen molar-refractivity contribution < 1.29 is 4.42 Å². The van der Waals surface area contributed by atoms with Gasteiger partial charge in [-0.15, -0.1) is 11.8 Å². The molecule has 0 fully saturated rings. The highest BCUT2D eigenvalue weighted by atomic mass is 79.9. The zero-order valence-electron chi connectivity index (χ0n) is 4.69. The number of furan rings is 1. The Morgan fingerprint density at radius 2 is 2.44 bits per heavy atom. The van der Waals surface area contributed by atoms with E-state index in [1.165, 1.54) is 5.56 Å². The van der Waals surface area contributed by atoms with E-state index in [9.17, 15) is 0 Å². The van der Waals surface area contributed by atoms with Crippen molar-refractivity contribution in [2.24, 2.45) is 0 Å². The monoisotopic (exact) mass is 204 g/mol. The molecule has 2 rings (SSSR count). The highest BCUT2D eigenvalue weighted by Crippen LogP contribution is 2.33. The predicted molar refractivity (Wildman–Crippen MR) is 41.4 cm³/mol. The van der Waals surface area contributed by atoms with Gasteiger partial charge in [-0.3, -0.25) is 0 Å². The van der Waals surface area contributed by atoms with Crippen molar-refractivity contribution in [3.05, 3.63) is 22.1 Å². The Balaban J connectivity index is 2.51. The summed E-state index contributed by atoms with van der Waals surface area (Å²) in [5, 5.41) is 0. The van der Waals surface area contributed by atoms with Crippen molar-refractivity contribution in [1.82, 2.24) is 0 Å². The van der Waals surface area contributed by atoms with Gasteiger partial charge >= 0.3 is 0 Å². The second kappa shape index (κ2) is 2.06. The summed E-state index contributed by atoms with van der Waals surface area (Å²) in [6, 6.07) is 2.05. The zero-order chi connectivity index (χ0) is 6.27. The van der Waals surface area contributed by atoms with Crippen LogP contribution in [0.25, 0.3) is 0 Å². The van der Waals surface area contributed by atoms with E-state index in [4.69, 9.17) is 4.42 Å². The fourth-order valence-electron chi connectivity index (χ4n) is 0.928. The summed E-state index contributed by atoms with van der Waals surface area (Å²) in [5.74, 6) is 3.30. The molecule has 0 atom stereocenters. The van der Waals surface area contributed by atoms with Crippen LogP contribution in [0.4, 0.5) is 0 Å². The number of halogens is 1. The predicted octanol–water partition coefficient (Wildman–Crippen LogP) is 2.79. The van der Waals surface area contributed by atoms with Crippen LogP contribution in [-0.2, 0) is 11.5 Å². The van der Waals surface area contributed by atoms with E-state index < -0.39 is 0 Å². The van der Waals surface area contributed by atoms with Crippen molar-refractivity contribution >= 4 is 27.7 Å². The van der Waals surface area contributed by atoms with Crippen LogP contribution in [0.5, 0.6) is 0 Å². The summed E-state index contributed by atoms with van der Waals surface area (Å²) in [6.45, 7) is 0. The van der Waals surface area contributed by atoms with E-state index in [0.29, 0.717) is 0 Å². The molecule has 1 aromatic heterocycles. The number of fused-ring (bicyclic) bond motifs is 1.